The summed E-state index contributed by atoms with van der Waals surface area (Å²) in [7, 11) is 2.09. The Labute approximate surface area is 213 Å². The molecule has 3 aromatic rings. The minimum absolute atomic E-state index is 0.0239. The molecule has 0 amide bonds. The summed E-state index contributed by atoms with van der Waals surface area (Å²) in [6.45, 7) is 3.80. The number of likely N-dealkylation sites (tertiary alicyclic amines) is 1. The fourth-order valence-corrected chi connectivity index (χ4v) is 4.07. The number of hydrogen-bond acceptors (Lipinski definition) is 7. The number of alkyl halides is 3. The first kappa shape index (κ1) is 26.0. The number of aromatic nitrogens is 2. The summed E-state index contributed by atoms with van der Waals surface area (Å²) in [6.07, 6.45) is -1.16. The number of nitrogens with zero attached hydrogens (tertiary/aromatic N) is 3. The molecule has 37 heavy (non-hydrogen) atoms. The van der Waals surface area contributed by atoms with Crippen LogP contribution in [0.4, 0.5) is 36.2 Å². The van der Waals surface area contributed by atoms with Gasteiger partial charge in [-0.2, -0.15) is 13.2 Å². The van der Waals surface area contributed by atoms with Crippen molar-refractivity contribution in [2.75, 3.05) is 36.5 Å². The minimum Gasteiger partial charge on any atom is -0.383 e. The van der Waals surface area contributed by atoms with E-state index in [1.807, 2.05) is 13.0 Å². The number of rotatable bonds is 5. The van der Waals surface area contributed by atoms with Gasteiger partial charge in [0.1, 0.15) is 23.7 Å². The predicted octanol–water partition coefficient (Wildman–Crippen LogP) is 5.06. The highest BCUT2D eigenvalue weighted by atomic mass is 19.4. The van der Waals surface area contributed by atoms with E-state index in [9.17, 15) is 13.2 Å². The molecule has 7 nitrogen and oxygen atoms in total. The second-order valence-electron chi connectivity index (χ2n) is 9.06. The number of nitrogens with one attached hydrogen (secondary N) is 3. The number of anilines is 4. The Bertz CT molecular complexity index is 1350. The normalized spacial score (nSPS) is 14.5. The van der Waals surface area contributed by atoms with E-state index in [1.165, 1.54) is 12.4 Å². The molecule has 0 radical (unpaired) electrons. The van der Waals surface area contributed by atoms with Crippen LogP contribution < -0.4 is 16.4 Å². The van der Waals surface area contributed by atoms with E-state index in [0.717, 1.165) is 43.6 Å². The van der Waals surface area contributed by atoms with E-state index in [2.05, 4.69) is 44.4 Å². The Morgan fingerprint density at radius 1 is 1.11 bits per heavy atom. The molecule has 192 valence electrons. The minimum atomic E-state index is -4.42. The van der Waals surface area contributed by atoms with Crippen molar-refractivity contribution in [3.8, 4) is 11.8 Å². The highest BCUT2D eigenvalue weighted by molar-refractivity contribution is 6.16. The third-order valence-corrected chi connectivity index (χ3v) is 6.22. The van der Waals surface area contributed by atoms with Crippen LogP contribution >= 0.6 is 0 Å². The van der Waals surface area contributed by atoms with E-state index in [0.29, 0.717) is 28.3 Å². The molecule has 2 heterocycles. The largest absolute Gasteiger partial charge is 0.416 e. The average Bonchev–Trinajstić information content (AvgIpc) is 2.85. The Morgan fingerprint density at radius 2 is 1.84 bits per heavy atom. The van der Waals surface area contributed by atoms with E-state index in [1.54, 1.807) is 18.2 Å². The van der Waals surface area contributed by atoms with Crippen molar-refractivity contribution in [3.63, 3.8) is 0 Å². The maximum atomic E-state index is 13.1. The Morgan fingerprint density at radius 3 is 2.57 bits per heavy atom. The number of piperidine rings is 1. The van der Waals surface area contributed by atoms with Gasteiger partial charge in [-0.15, -0.1) is 0 Å². The molecule has 1 aliphatic heterocycles. The van der Waals surface area contributed by atoms with E-state index >= 15 is 0 Å². The van der Waals surface area contributed by atoms with Crippen molar-refractivity contribution in [2.24, 2.45) is 0 Å². The molecule has 0 atom stereocenters. The lowest BCUT2D eigenvalue weighted by molar-refractivity contribution is -0.137. The maximum Gasteiger partial charge on any atom is 0.416 e. The molecule has 10 heteroatoms. The fraction of sp³-hybridized carbons (Fsp3) is 0.296. The predicted molar refractivity (Wildman–Crippen MR) is 140 cm³/mol. The van der Waals surface area contributed by atoms with Crippen LogP contribution in [-0.4, -0.2) is 46.8 Å². The summed E-state index contributed by atoms with van der Waals surface area (Å²) in [5.74, 6) is 6.50. The van der Waals surface area contributed by atoms with Gasteiger partial charge in [0, 0.05) is 23.0 Å². The van der Waals surface area contributed by atoms with Gasteiger partial charge in [0.2, 0.25) is 0 Å². The van der Waals surface area contributed by atoms with Gasteiger partial charge >= 0.3 is 6.18 Å². The van der Waals surface area contributed by atoms with Crippen molar-refractivity contribution in [3.05, 3.63) is 71.0 Å². The third kappa shape index (κ3) is 6.57. The molecule has 2 aromatic carbocycles. The molecule has 1 aromatic heterocycles. The van der Waals surface area contributed by atoms with Crippen LogP contribution in [0.3, 0.4) is 0 Å². The molecule has 0 unspecified atom stereocenters. The van der Waals surface area contributed by atoms with Gasteiger partial charge in [-0.25, -0.2) is 9.97 Å². The van der Waals surface area contributed by atoms with E-state index < -0.39 is 11.7 Å². The average molecular weight is 508 g/mol. The lowest BCUT2D eigenvalue weighted by Crippen LogP contribution is -2.37. The summed E-state index contributed by atoms with van der Waals surface area (Å²) in [4.78, 5) is 10.6. The number of aryl methyl sites for hydroxylation is 1. The SMILES string of the molecule is Cc1ccc(Nc2cccc(C(F)(F)F)c2)cc1C#CC(=N)c1c(N)ncnc1NC1CCN(C)CC1. The standard InChI is InChI=1S/C27H28F3N7/c1-17-6-8-22(35-21-5-3-4-19(15-21)27(28,29)30)14-18(17)7-9-23(31)24-25(32)33-16-34-26(24)36-20-10-12-37(2)13-11-20/h3-6,8,14-16,20,31,35H,10-13H2,1-2H3,(H3,32,33,34,36). The number of halogens is 3. The second kappa shape index (κ2) is 10.9. The summed E-state index contributed by atoms with van der Waals surface area (Å²) in [5, 5.41) is 15.0. The molecule has 1 aliphatic rings. The van der Waals surface area contributed by atoms with Crippen LogP contribution in [0.25, 0.3) is 0 Å². The Kier molecular flexibility index (Phi) is 7.64. The van der Waals surface area contributed by atoms with Crippen LogP contribution in [0, 0.1) is 24.2 Å². The van der Waals surface area contributed by atoms with Crippen LogP contribution in [0.15, 0.2) is 48.8 Å². The molecule has 0 spiro atoms. The molecule has 0 aliphatic carbocycles. The fourth-order valence-electron chi connectivity index (χ4n) is 4.07. The first-order valence-corrected chi connectivity index (χ1v) is 11.8. The van der Waals surface area contributed by atoms with Crippen molar-refractivity contribution < 1.29 is 13.2 Å². The first-order valence-electron chi connectivity index (χ1n) is 11.8. The second-order valence-corrected chi connectivity index (χ2v) is 9.06. The summed E-state index contributed by atoms with van der Waals surface area (Å²) in [6, 6.07) is 10.5. The summed E-state index contributed by atoms with van der Waals surface area (Å²) < 4.78 is 39.2. The molecule has 0 saturated carbocycles. The summed E-state index contributed by atoms with van der Waals surface area (Å²) >= 11 is 0. The monoisotopic (exact) mass is 507 g/mol. The van der Waals surface area contributed by atoms with Gasteiger partial charge in [-0.1, -0.05) is 18.1 Å². The molecule has 1 fully saturated rings. The summed E-state index contributed by atoms with van der Waals surface area (Å²) in [5.41, 5.74) is 8.07. The van der Waals surface area contributed by atoms with Gasteiger partial charge in [0.15, 0.2) is 0 Å². The molecular weight excluding hydrogens is 479 g/mol. The molecule has 4 rings (SSSR count). The van der Waals surface area contributed by atoms with Crippen LogP contribution in [0.5, 0.6) is 0 Å². The number of hydrogen-bond donors (Lipinski definition) is 4. The Hall–Kier alpha value is -4.10. The maximum absolute atomic E-state index is 13.1. The smallest absolute Gasteiger partial charge is 0.383 e. The lowest BCUT2D eigenvalue weighted by atomic mass is 10.0. The highest BCUT2D eigenvalue weighted by Crippen LogP contribution is 2.31. The van der Waals surface area contributed by atoms with E-state index in [4.69, 9.17) is 11.1 Å². The third-order valence-electron chi connectivity index (χ3n) is 6.22. The molecule has 0 bridgehead atoms. The number of benzene rings is 2. The first-order chi connectivity index (χ1) is 17.6. The highest BCUT2D eigenvalue weighted by Gasteiger charge is 2.30. The van der Waals surface area contributed by atoms with Gasteiger partial charge in [-0.3, -0.25) is 5.41 Å². The van der Waals surface area contributed by atoms with Gasteiger partial charge in [0.25, 0.3) is 0 Å². The van der Waals surface area contributed by atoms with Crippen molar-refractivity contribution >= 4 is 28.7 Å². The zero-order chi connectivity index (χ0) is 26.6. The molecular formula is C27H28F3N7. The van der Waals surface area contributed by atoms with Crippen LogP contribution in [0.1, 0.15) is 35.1 Å². The topological polar surface area (TPSA) is 103 Å². The zero-order valence-corrected chi connectivity index (χ0v) is 20.6. The van der Waals surface area contributed by atoms with Crippen LogP contribution in [0.2, 0.25) is 0 Å². The Balaban J connectivity index is 1.55. The van der Waals surface area contributed by atoms with Gasteiger partial charge in [0.05, 0.1) is 11.1 Å². The van der Waals surface area contributed by atoms with Crippen molar-refractivity contribution in [1.82, 2.24) is 14.9 Å². The van der Waals surface area contributed by atoms with Crippen LogP contribution in [-0.2, 0) is 6.18 Å². The van der Waals surface area contributed by atoms with Crippen molar-refractivity contribution in [2.45, 2.75) is 32.0 Å². The van der Waals surface area contributed by atoms with Gasteiger partial charge in [-0.05, 0) is 81.7 Å². The van der Waals surface area contributed by atoms with Crippen molar-refractivity contribution in [1.29, 1.82) is 5.41 Å². The molecule has 1 saturated heterocycles. The lowest BCUT2D eigenvalue weighted by Gasteiger charge is -2.30. The quantitative estimate of drug-likeness (QED) is 0.285. The number of nitrogens with two attached hydrogens (primary N) is 1. The number of nitrogen functional groups attached to an aromatic ring is 1. The zero-order valence-electron chi connectivity index (χ0n) is 20.6. The van der Waals surface area contributed by atoms with E-state index in [-0.39, 0.29) is 17.6 Å². The van der Waals surface area contributed by atoms with Gasteiger partial charge < -0.3 is 21.3 Å². The molecule has 5 N–H and O–H groups in total.